The van der Waals surface area contributed by atoms with Crippen molar-refractivity contribution in [3.8, 4) is 11.1 Å². The highest BCUT2D eigenvalue weighted by Crippen LogP contribution is 2.42. The Kier molecular flexibility index (Phi) is 6.72. The minimum Gasteiger partial charge on any atom is -0.386 e. The maximum absolute atomic E-state index is 15.3. The number of nitrogens with one attached hydrogen (secondary N) is 3. The van der Waals surface area contributed by atoms with E-state index in [0.29, 0.717) is 57.9 Å². The number of pyridine rings is 3. The summed E-state index contributed by atoms with van der Waals surface area (Å²) in [6, 6.07) is 2.72. The lowest BCUT2D eigenvalue weighted by Gasteiger charge is -2.26. The van der Waals surface area contributed by atoms with Crippen LogP contribution in [0.1, 0.15) is 24.7 Å². The Morgan fingerprint density at radius 1 is 1.15 bits per heavy atom. The van der Waals surface area contributed by atoms with Crippen LogP contribution in [0.2, 0.25) is 0 Å². The second kappa shape index (κ2) is 10.3. The van der Waals surface area contributed by atoms with Gasteiger partial charge in [-0.1, -0.05) is 0 Å². The molecule has 11 nitrogen and oxygen atoms in total. The summed E-state index contributed by atoms with van der Waals surface area (Å²) in [6.45, 7) is 1.17. The van der Waals surface area contributed by atoms with Crippen LogP contribution < -0.4 is 21.1 Å². The van der Waals surface area contributed by atoms with Crippen molar-refractivity contribution in [3.63, 3.8) is 0 Å². The second-order valence-electron chi connectivity index (χ2n) is 10.3. The largest absolute Gasteiger partial charge is 0.386 e. The van der Waals surface area contributed by atoms with Crippen LogP contribution in [0.15, 0.2) is 35.5 Å². The Bertz CT molecular complexity index is 1860. The van der Waals surface area contributed by atoms with Gasteiger partial charge in [0.15, 0.2) is 29.0 Å². The van der Waals surface area contributed by atoms with Crippen molar-refractivity contribution in [2.24, 2.45) is 0 Å². The van der Waals surface area contributed by atoms with Gasteiger partial charge in [-0.3, -0.25) is 4.79 Å². The van der Waals surface area contributed by atoms with Crippen LogP contribution in [0.5, 0.6) is 0 Å². The number of aliphatic hydroxyl groups is 2. The number of H-pyrrole nitrogens is 1. The summed E-state index contributed by atoms with van der Waals surface area (Å²) in [5.41, 5.74) is 5.44. The zero-order valence-corrected chi connectivity index (χ0v) is 22.6. The van der Waals surface area contributed by atoms with Gasteiger partial charge < -0.3 is 35.6 Å². The lowest BCUT2D eigenvalue weighted by Crippen LogP contribution is -2.35. The van der Waals surface area contributed by atoms with E-state index in [4.69, 9.17) is 4.74 Å². The van der Waals surface area contributed by atoms with Gasteiger partial charge in [-0.2, -0.15) is 0 Å². The fourth-order valence-electron chi connectivity index (χ4n) is 5.50. The number of nitrogens with zero attached hydrogens (tertiary/aromatic N) is 4. The summed E-state index contributed by atoms with van der Waals surface area (Å²) < 4.78 is 36.9. The molecule has 1 saturated heterocycles. The summed E-state index contributed by atoms with van der Waals surface area (Å²) in [5, 5.41) is 23.4. The summed E-state index contributed by atoms with van der Waals surface area (Å²) >= 11 is 0. The molecule has 1 fully saturated rings. The molecule has 4 aromatic heterocycles. The Balaban J connectivity index is 1.60. The highest BCUT2D eigenvalue weighted by Gasteiger charge is 2.24. The molecule has 5 N–H and O–H groups in total. The topological polar surface area (TPSA) is 141 Å². The number of aromatic amines is 1. The molecular formula is C28H29F2N7O4. The van der Waals surface area contributed by atoms with Crippen LogP contribution in [-0.2, 0) is 4.74 Å². The lowest BCUT2D eigenvalue weighted by molar-refractivity contribution is -0.0435. The molecule has 5 heterocycles. The van der Waals surface area contributed by atoms with E-state index in [0.717, 1.165) is 18.9 Å². The number of aliphatic hydroxyl groups excluding tert-OH is 1. The Labute approximate surface area is 232 Å². The Morgan fingerprint density at radius 3 is 2.59 bits per heavy atom. The van der Waals surface area contributed by atoms with Gasteiger partial charge >= 0.3 is 0 Å². The molecule has 1 aromatic carbocycles. The number of halogens is 2. The molecule has 0 saturated carbocycles. The lowest BCUT2D eigenvalue weighted by atomic mass is 10.0. The van der Waals surface area contributed by atoms with Crippen LogP contribution in [0.3, 0.4) is 0 Å². The molecule has 0 radical (unpaired) electrons. The average molecular weight is 566 g/mol. The van der Waals surface area contributed by atoms with Gasteiger partial charge in [-0.25, -0.2) is 23.4 Å². The van der Waals surface area contributed by atoms with Gasteiger partial charge in [0.1, 0.15) is 5.65 Å². The molecule has 214 valence electrons. The molecule has 0 spiro atoms. The van der Waals surface area contributed by atoms with Crippen molar-refractivity contribution in [1.29, 1.82) is 0 Å². The van der Waals surface area contributed by atoms with E-state index in [2.05, 4.69) is 25.7 Å². The van der Waals surface area contributed by atoms with Crippen molar-refractivity contribution >= 4 is 44.3 Å². The molecule has 0 atom stereocenters. The molecule has 1 aliphatic heterocycles. The predicted molar refractivity (Wildman–Crippen MR) is 153 cm³/mol. The summed E-state index contributed by atoms with van der Waals surface area (Å²) in [6.07, 6.45) is 3.96. The Morgan fingerprint density at radius 2 is 1.90 bits per heavy atom. The predicted octanol–water partition coefficient (Wildman–Crippen LogP) is 3.18. The summed E-state index contributed by atoms with van der Waals surface area (Å²) in [4.78, 5) is 27.3. The van der Waals surface area contributed by atoms with Gasteiger partial charge in [0.2, 0.25) is 0 Å². The van der Waals surface area contributed by atoms with Crippen LogP contribution >= 0.6 is 0 Å². The molecule has 5 aromatic rings. The quantitative estimate of drug-likeness (QED) is 0.196. The minimum atomic E-state index is -2.00. The first-order valence-electron chi connectivity index (χ1n) is 13.1. The van der Waals surface area contributed by atoms with E-state index in [9.17, 15) is 19.4 Å². The average Bonchev–Trinajstić information content (AvgIpc) is 3.36. The SMILES string of the molecule is CNc1cc(F)c(F)c2c1[nH]c1ncc(-c3cnc4c(c3)c(=O)c(C(O)O)cn4NC3CCOCC3)c(N(C)C)c12. The third-order valence-corrected chi connectivity index (χ3v) is 7.48. The third-order valence-electron chi connectivity index (χ3n) is 7.48. The second-order valence-corrected chi connectivity index (χ2v) is 10.3. The molecule has 0 aliphatic carbocycles. The van der Waals surface area contributed by atoms with Crippen LogP contribution in [0, 0.1) is 11.6 Å². The molecule has 0 amide bonds. The van der Waals surface area contributed by atoms with Gasteiger partial charge in [-0.15, -0.1) is 0 Å². The van der Waals surface area contributed by atoms with E-state index in [1.165, 1.54) is 10.9 Å². The first kappa shape index (κ1) is 26.9. The van der Waals surface area contributed by atoms with Gasteiger partial charge in [-0.05, 0) is 18.9 Å². The van der Waals surface area contributed by atoms with Crippen LogP contribution in [0.25, 0.3) is 44.1 Å². The first-order valence-corrected chi connectivity index (χ1v) is 13.1. The zero-order valence-electron chi connectivity index (χ0n) is 22.6. The van der Waals surface area contributed by atoms with E-state index in [1.54, 1.807) is 44.5 Å². The summed E-state index contributed by atoms with van der Waals surface area (Å²) in [5.74, 6) is -2.01. The normalized spacial score (nSPS) is 14.4. The van der Waals surface area contributed by atoms with Gasteiger partial charge in [0, 0.05) is 76.2 Å². The Hall–Kier alpha value is -4.33. The molecule has 13 heteroatoms. The van der Waals surface area contributed by atoms with E-state index < -0.39 is 23.4 Å². The van der Waals surface area contributed by atoms with Crippen molar-refractivity contribution in [1.82, 2.24) is 19.6 Å². The monoisotopic (exact) mass is 565 g/mol. The van der Waals surface area contributed by atoms with Crippen LogP contribution in [0.4, 0.5) is 20.2 Å². The third kappa shape index (κ3) is 4.42. The van der Waals surface area contributed by atoms with Gasteiger partial charge in [0.05, 0.1) is 38.6 Å². The maximum Gasteiger partial charge on any atom is 0.199 e. The fourth-order valence-corrected chi connectivity index (χ4v) is 5.50. The smallest absolute Gasteiger partial charge is 0.199 e. The standard InChI is InChI=1S/C28H29F2N7O4/c1-31-19-9-18(29)22(30)20-21-24(36(2)3)16(11-32-26(21)34-23(19)20)13-8-15-25(38)17(28(39)40)12-37(27(15)33-10-13)35-14-4-6-41-7-5-14/h8-12,14,28,31,35,39-40H,4-7H2,1-3H3,(H,32,34). The van der Waals surface area contributed by atoms with Gasteiger partial charge in [0.25, 0.3) is 0 Å². The fraction of sp³-hybridized carbons (Fsp3) is 0.321. The molecular weight excluding hydrogens is 536 g/mol. The molecule has 0 bridgehead atoms. The van der Waals surface area contributed by atoms with E-state index in [-0.39, 0.29) is 22.4 Å². The number of benzene rings is 1. The number of anilines is 2. The molecule has 0 unspecified atom stereocenters. The molecule has 6 rings (SSSR count). The minimum absolute atomic E-state index is 0.0335. The van der Waals surface area contributed by atoms with E-state index in [1.807, 2.05) is 0 Å². The van der Waals surface area contributed by atoms with Crippen molar-refractivity contribution in [3.05, 3.63) is 58.1 Å². The zero-order chi connectivity index (χ0) is 29.0. The number of ether oxygens (including phenoxy) is 1. The van der Waals surface area contributed by atoms with Crippen molar-refractivity contribution in [2.75, 3.05) is 50.0 Å². The highest BCUT2D eigenvalue weighted by molar-refractivity contribution is 6.18. The number of aromatic nitrogens is 4. The van der Waals surface area contributed by atoms with E-state index >= 15 is 4.39 Å². The first-order chi connectivity index (χ1) is 19.7. The number of hydrogen-bond donors (Lipinski definition) is 5. The van der Waals surface area contributed by atoms with Crippen molar-refractivity contribution in [2.45, 2.75) is 25.2 Å². The molecule has 1 aliphatic rings. The maximum atomic E-state index is 15.3. The number of rotatable bonds is 6. The number of hydrogen-bond acceptors (Lipinski definition) is 9. The highest BCUT2D eigenvalue weighted by atomic mass is 19.2. The summed E-state index contributed by atoms with van der Waals surface area (Å²) in [7, 11) is 5.16. The number of fused-ring (bicyclic) bond motifs is 4. The van der Waals surface area contributed by atoms with Crippen molar-refractivity contribution < 1.29 is 23.7 Å². The van der Waals surface area contributed by atoms with Crippen LogP contribution in [-0.4, -0.2) is 70.2 Å². The molecule has 41 heavy (non-hydrogen) atoms.